The Kier molecular flexibility index (Phi) is 5.27. The van der Waals surface area contributed by atoms with Gasteiger partial charge in [-0.15, -0.1) is 0 Å². The predicted molar refractivity (Wildman–Crippen MR) is 88.3 cm³/mol. The van der Waals surface area contributed by atoms with Crippen LogP contribution in [0.15, 0.2) is 24.3 Å². The summed E-state index contributed by atoms with van der Waals surface area (Å²) in [6, 6.07) is 8.65. The van der Waals surface area contributed by atoms with Gasteiger partial charge in [0.25, 0.3) is 0 Å². The van der Waals surface area contributed by atoms with E-state index in [-0.39, 0.29) is 11.8 Å². The van der Waals surface area contributed by atoms with Crippen LogP contribution in [0.25, 0.3) is 0 Å². The zero-order valence-corrected chi connectivity index (χ0v) is 14.1. The smallest absolute Gasteiger partial charge is 0.214 e. The third-order valence-corrected chi connectivity index (χ3v) is 6.03. The number of unbranched alkanes of at least 4 members (excludes halogenated alkanes) is 1. The van der Waals surface area contributed by atoms with Gasteiger partial charge < -0.3 is 4.90 Å². The van der Waals surface area contributed by atoms with Crippen LogP contribution in [0.1, 0.15) is 32.3 Å². The van der Waals surface area contributed by atoms with E-state index in [2.05, 4.69) is 43.0 Å². The molecule has 0 aromatic heterocycles. The molecule has 0 radical (unpaired) electrons. The van der Waals surface area contributed by atoms with E-state index in [1.54, 1.807) is 4.31 Å². The average Bonchev–Trinajstić information content (AvgIpc) is 2.46. The minimum Gasteiger partial charge on any atom is -0.366 e. The normalized spacial score (nSPS) is 20.7. The van der Waals surface area contributed by atoms with Gasteiger partial charge in [0.05, 0.1) is 5.75 Å². The van der Waals surface area contributed by atoms with Gasteiger partial charge >= 0.3 is 0 Å². The highest BCUT2D eigenvalue weighted by molar-refractivity contribution is 7.89. The Balaban J connectivity index is 2.03. The van der Waals surface area contributed by atoms with Crippen LogP contribution in [-0.2, 0) is 10.0 Å². The van der Waals surface area contributed by atoms with Gasteiger partial charge in [-0.2, -0.15) is 4.31 Å². The van der Waals surface area contributed by atoms with Crippen molar-refractivity contribution in [1.82, 2.24) is 4.31 Å². The Morgan fingerprint density at radius 1 is 1.19 bits per heavy atom. The van der Waals surface area contributed by atoms with Crippen LogP contribution in [0, 0.1) is 6.92 Å². The number of hydrogen-bond donors (Lipinski definition) is 0. The molecule has 1 fully saturated rings. The predicted octanol–water partition coefficient (Wildman–Crippen LogP) is 2.64. The molecule has 1 aromatic carbocycles. The largest absolute Gasteiger partial charge is 0.366 e. The van der Waals surface area contributed by atoms with Gasteiger partial charge in [0.2, 0.25) is 10.0 Å². The molecular weight excluding hydrogens is 284 g/mol. The zero-order valence-electron chi connectivity index (χ0n) is 13.2. The number of hydrogen-bond acceptors (Lipinski definition) is 3. The number of benzene rings is 1. The van der Waals surface area contributed by atoms with Crippen LogP contribution < -0.4 is 4.90 Å². The first-order chi connectivity index (χ1) is 9.94. The fraction of sp³-hybridized carbons (Fsp3) is 0.625. The molecule has 0 amide bonds. The lowest BCUT2D eigenvalue weighted by molar-refractivity contribution is 0.342. The highest BCUT2D eigenvalue weighted by Gasteiger charge is 2.30. The third-order valence-electron chi connectivity index (χ3n) is 4.11. The minimum absolute atomic E-state index is 0.206. The molecule has 1 aromatic rings. The van der Waals surface area contributed by atoms with E-state index in [4.69, 9.17) is 0 Å². The maximum Gasteiger partial charge on any atom is 0.214 e. The number of rotatable bonds is 5. The summed E-state index contributed by atoms with van der Waals surface area (Å²) in [6.07, 6.45) is 1.66. The summed E-state index contributed by atoms with van der Waals surface area (Å²) in [5.41, 5.74) is 2.42. The molecule has 0 spiro atoms. The summed E-state index contributed by atoms with van der Waals surface area (Å²) in [5, 5.41) is 0. The van der Waals surface area contributed by atoms with Gasteiger partial charge in [0.15, 0.2) is 0 Å². The molecule has 21 heavy (non-hydrogen) atoms. The van der Waals surface area contributed by atoms with Crippen LogP contribution in [0.2, 0.25) is 0 Å². The van der Waals surface area contributed by atoms with E-state index in [1.807, 2.05) is 6.92 Å². The van der Waals surface area contributed by atoms with E-state index < -0.39 is 10.0 Å². The van der Waals surface area contributed by atoms with Crippen LogP contribution in [0.5, 0.6) is 0 Å². The van der Waals surface area contributed by atoms with Crippen molar-refractivity contribution < 1.29 is 8.42 Å². The number of sulfonamides is 1. The fourth-order valence-electron chi connectivity index (χ4n) is 2.75. The van der Waals surface area contributed by atoms with E-state index in [0.29, 0.717) is 13.1 Å². The lowest BCUT2D eigenvalue weighted by Crippen LogP contribution is -2.54. The first kappa shape index (κ1) is 16.3. The number of piperazine rings is 1. The highest BCUT2D eigenvalue weighted by atomic mass is 32.2. The minimum atomic E-state index is -3.08. The van der Waals surface area contributed by atoms with E-state index in [0.717, 1.165) is 19.4 Å². The molecule has 0 N–H and O–H groups in total. The van der Waals surface area contributed by atoms with Gasteiger partial charge in [-0.25, -0.2) is 8.42 Å². The Morgan fingerprint density at radius 3 is 2.43 bits per heavy atom. The molecule has 2 rings (SSSR count). The second-order valence-corrected chi connectivity index (χ2v) is 7.99. The summed E-state index contributed by atoms with van der Waals surface area (Å²) in [6.45, 7) is 8.13. The van der Waals surface area contributed by atoms with Crippen LogP contribution in [0.3, 0.4) is 0 Å². The van der Waals surface area contributed by atoms with Crippen LogP contribution in [0.4, 0.5) is 5.69 Å². The zero-order chi connectivity index (χ0) is 15.5. The van der Waals surface area contributed by atoms with Crippen molar-refractivity contribution in [1.29, 1.82) is 0 Å². The first-order valence-electron chi connectivity index (χ1n) is 7.75. The highest BCUT2D eigenvalue weighted by Crippen LogP contribution is 2.22. The summed E-state index contributed by atoms with van der Waals surface area (Å²) in [4.78, 5) is 2.30. The van der Waals surface area contributed by atoms with Crippen molar-refractivity contribution >= 4 is 15.7 Å². The van der Waals surface area contributed by atoms with Crippen molar-refractivity contribution in [3.05, 3.63) is 29.8 Å². The van der Waals surface area contributed by atoms with Crippen LogP contribution >= 0.6 is 0 Å². The first-order valence-corrected chi connectivity index (χ1v) is 9.36. The van der Waals surface area contributed by atoms with Gasteiger partial charge in [-0.3, -0.25) is 0 Å². The van der Waals surface area contributed by atoms with Crippen molar-refractivity contribution in [2.24, 2.45) is 0 Å². The molecule has 118 valence electrons. The summed E-state index contributed by atoms with van der Waals surface area (Å²) < 4.78 is 26.2. The summed E-state index contributed by atoms with van der Waals surface area (Å²) in [5.74, 6) is 0.279. The standard InChI is InChI=1S/C16H26N2O2S/c1-4-5-12-21(19,20)17-10-11-18(15(3)13-17)16-8-6-14(2)7-9-16/h6-9,15H,4-5,10-13H2,1-3H3/t15-/m0/s1. The summed E-state index contributed by atoms with van der Waals surface area (Å²) in [7, 11) is -3.08. The Morgan fingerprint density at radius 2 is 1.86 bits per heavy atom. The van der Waals surface area contributed by atoms with Crippen molar-refractivity contribution in [2.45, 2.75) is 39.7 Å². The molecule has 1 aliphatic heterocycles. The Labute approximate surface area is 128 Å². The molecule has 0 unspecified atom stereocenters. The van der Waals surface area contributed by atoms with E-state index in [9.17, 15) is 8.42 Å². The molecule has 1 heterocycles. The van der Waals surface area contributed by atoms with Gasteiger partial charge in [0.1, 0.15) is 0 Å². The summed E-state index contributed by atoms with van der Waals surface area (Å²) >= 11 is 0. The third kappa shape index (κ3) is 3.98. The second kappa shape index (κ2) is 6.79. The van der Waals surface area contributed by atoms with Gasteiger partial charge in [0, 0.05) is 31.4 Å². The van der Waals surface area contributed by atoms with Crippen LogP contribution in [-0.4, -0.2) is 44.2 Å². The van der Waals surface area contributed by atoms with Gasteiger partial charge in [-0.05, 0) is 32.4 Å². The van der Waals surface area contributed by atoms with E-state index in [1.165, 1.54) is 11.3 Å². The number of aryl methyl sites for hydroxylation is 1. The SMILES string of the molecule is CCCCS(=O)(=O)N1CCN(c2ccc(C)cc2)[C@@H](C)C1. The Bertz CT molecular complexity index is 554. The molecule has 1 aliphatic rings. The molecule has 5 heteroatoms. The second-order valence-electron chi connectivity index (χ2n) is 5.91. The van der Waals surface area contributed by atoms with Crippen molar-refractivity contribution in [2.75, 3.05) is 30.3 Å². The van der Waals surface area contributed by atoms with E-state index >= 15 is 0 Å². The maximum atomic E-state index is 12.3. The molecule has 4 nitrogen and oxygen atoms in total. The quantitative estimate of drug-likeness (QED) is 0.839. The number of anilines is 1. The van der Waals surface area contributed by atoms with Crippen molar-refractivity contribution in [3.8, 4) is 0 Å². The topological polar surface area (TPSA) is 40.6 Å². The molecule has 1 atom stereocenters. The monoisotopic (exact) mass is 310 g/mol. The Hall–Kier alpha value is -1.07. The average molecular weight is 310 g/mol. The lowest BCUT2D eigenvalue weighted by Gasteiger charge is -2.40. The lowest BCUT2D eigenvalue weighted by atomic mass is 10.1. The molecular formula is C16H26N2O2S. The number of nitrogens with zero attached hydrogens (tertiary/aromatic N) is 2. The molecule has 0 bridgehead atoms. The van der Waals surface area contributed by atoms with Gasteiger partial charge in [-0.1, -0.05) is 31.0 Å². The van der Waals surface area contributed by atoms with Crippen molar-refractivity contribution in [3.63, 3.8) is 0 Å². The fourth-order valence-corrected chi connectivity index (χ4v) is 4.47. The maximum absolute atomic E-state index is 12.3. The molecule has 1 saturated heterocycles. The molecule has 0 aliphatic carbocycles. The molecule has 0 saturated carbocycles.